The van der Waals surface area contributed by atoms with E-state index in [1.165, 1.54) is 13.8 Å². The van der Waals surface area contributed by atoms with Crippen LogP contribution in [0.1, 0.15) is 20.3 Å². The summed E-state index contributed by atoms with van der Waals surface area (Å²) in [6, 6.07) is 0. The van der Waals surface area contributed by atoms with Crippen LogP contribution in [0.4, 0.5) is 0 Å². The molecule has 75 valence electrons. The molecule has 0 fully saturated rings. The van der Waals surface area contributed by atoms with E-state index in [1.807, 2.05) is 0 Å². The zero-order chi connectivity index (χ0) is 9.40. The number of hydrogen-bond donors (Lipinski definition) is 1. The maximum atomic E-state index is 10.0. The first kappa shape index (κ1) is 14.6. The molecule has 0 saturated heterocycles. The van der Waals surface area contributed by atoms with E-state index in [4.69, 9.17) is 0 Å². The molecule has 0 aliphatic heterocycles. The van der Waals surface area contributed by atoms with Gasteiger partial charge in [-0.25, -0.2) is 4.98 Å². The zero-order valence-electron chi connectivity index (χ0n) is 7.54. The fourth-order valence-electron chi connectivity index (χ4n) is 0.566. The maximum absolute atomic E-state index is 10.0. The number of rotatable bonds is 2. The van der Waals surface area contributed by atoms with Crippen molar-refractivity contribution in [3.8, 4) is 0 Å². The van der Waals surface area contributed by atoms with Crippen LogP contribution in [0.25, 0.3) is 0 Å². The van der Waals surface area contributed by atoms with E-state index in [2.05, 4.69) is 9.97 Å². The number of imidazole rings is 1. The van der Waals surface area contributed by atoms with Crippen LogP contribution in [0.3, 0.4) is 0 Å². The summed E-state index contributed by atoms with van der Waals surface area (Å²) in [5.41, 5.74) is 0. The summed E-state index contributed by atoms with van der Waals surface area (Å²) in [7, 11) is 0. The van der Waals surface area contributed by atoms with Gasteiger partial charge in [-0.05, 0) is 13.8 Å². The minimum atomic E-state index is -0.0625. The second-order valence-electron chi connectivity index (χ2n) is 2.34. The Labute approximate surface area is 87.3 Å². The van der Waals surface area contributed by atoms with Crippen LogP contribution in [0.2, 0.25) is 0 Å². The first-order valence-corrected chi connectivity index (χ1v) is 3.54. The Morgan fingerprint density at radius 1 is 1.31 bits per heavy atom. The van der Waals surface area contributed by atoms with Gasteiger partial charge in [0.15, 0.2) is 0 Å². The van der Waals surface area contributed by atoms with Crippen molar-refractivity contribution in [3.05, 3.63) is 18.7 Å². The molecule has 0 saturated carbocycles. The smallest absolute Gasteiger partial charge is 0.137 e. The third kappa shape index (κ3) is 14.0. The summed E-state index contributed by atoms with van der Waals surface area (Å²) in [4.78, 5) is 26.5. The van der Waals surface area contributed by atoms with Crippen LogP contribution in [0, 0.1) is 0 Å². The van der Waals surface area contributed by atoms with E-state index < -0.39 is 0 Å². The Hall–Kier alpha value is -0.944. The number of aromatic nitrogens is 2. The molecule has 1 radical (unpaired) electrons. The first-order valence-electron chi connectivity index (χ1n) is 3.54. The number of carbonyl (C=O) groups excluding carboxylic acids is 2. The second kappa shape index (κ2) is 9.15. The van der Waals surface area contributed by atoms with Gasteiger partial charge in [-0.3, -0.25) is 9.59 Å². The predicted octanol–water partition coefficient (Wildman–Crippen LogP) is 0.962. The Morgan fingerprint density at radius 2 is 1.85 bits per heavy atom. The molecule has 0 bridgehead atoms. The number of aromatic amines is 1. The Kier molecular flexibility index (Phi) is 10.3. The average Bonchev–Trinajstić information content (AvgIpc) is 2.36. The van der Waals surface area contributed by atoms with E-state index >= 15 is 0 Å². The summed E-state index contributed by atoms with van der Waals surface area (Å²) >= 11 is 0. The van der Waals surface area contributed by atoms with Crippen LogP contribution in [0.5, 0.6) is 0 Å². The molecule has 1 heterocycles. The van der Waals surface area contributed by atoms with Crippen LogP contribution in [-0.4, -0.2) is 21.5 Å². The topological polar surface area (TPSA) is 62.8 Å². The summed E-state index contributed by atoms with van der Waals surface area (Å²) in [5, 5.41) is 0. The van der Waals surface area contributed by atoms with Crippen molar-refractivity contribution in [2.45, 2.75) is 20.3 Å². The minimum Gasteiger partial charge on any atom is -0.351 e. The van der Waals surface area contributed by atoms with Gasteiger partial charge in [0, 0.05) is 29.2 Å². The molecule has 5 heteroatoms. The van der Waals surface area contributed by atoms with Crippen molar-refractivity contribution in [2.75, 3.05) is 0 Å². The third-order valence-corrected chi connectivity index (χ3v) is 0.904. The fraction of sp³-hybridized carbons (Fsp3) is 0.375. The first-order chi connectivity index (χ1) is 5.63. The number of nitrogens with zero attached hydrogens (tertiary/aromatic N) is 1. The van der Waals surface area contributed by atoms with Crippen LogP contribution < -0.4 is 0 Å². The molecule has 4 nitrogen and oxygen atoms in total. The van der Waals surface area contributed by atoms with Gasteiger partial charge in [0.1, 0.15) is 11.6 Å². The van der Waals surface area contributed by atoms with Crippen LogP contribution >= 0.6 is 0 Å². The third-order valence-electron chi connectivity index (χ3n) is 0.904. The van der Waals surface area contributed by atoms with Gasteiger partial charge in [-0.1, -0.05) is 0 Å². The number of Topliss-reactive ketones (excluding diaryl/α,β-unsaturated/α-hetero) is 2. The van der Waals surface area contributed by atoms with Crippen molar-refractivity contribution in [3.63, 3.8) is 0 Å². The molecular weight excluding hydrogens is 215 g/mol. The average molecular weight is 227 g/mol. The van der Waals surface area contributed by atoms with Crippen molar-refractivity contribution in [2.24, 2.45) is 0 Å². The van der Waals surface area contributed by atoms with E-state index in [-0.39, 0.29) is 34.8 Å². The molecule has 1 rings (SSSR count). The van der Waals surface area contributed by atoms with Gasteiger partial charge in [0.25, 0.3) is 0 Å². The molecule has 0 atom stereocenters. The van der Waals surface area contributed by atoms with Crippen molar-refractivity contribution in [1.82, 2.24) is 9.97 Å². The van der Waals surface area contributed by atoms with Crippen molar-refractivity contribution in [1.29, 1.82) is 0 Å². The molecular formula is C8H12CoN2O2. The fourth-order valence-corrected chi connectivity index (χ4v) is 0.566. The van der Waals surface area contributed by atoms with E-state index in [0.29, 0.717) is 0 Å². The number of carbonyl (C=O) groups is 2. The number of H-pyrrole nitrogens is 1. The molecule has 0 unspecified atom stereocenters. The van der Waals surface area contributed by atoms with Gasteiger partial charge in [0.05, 0.1) is 12.7 Å². The summed E-state index contributed by atoms with van der Waals surface area (Å²) in [5.74, 6) is -0.125. The number of nitrogens with one attached hydrogen (secondary N) is 1. The summed E-state index contributed by atoms with van der Waals surface area (Å²) < 4.78 is 0. The molecule has 0 aliphatic rings. The molecule has 1 N–H and O–H groups in total. The Balaban J connectivity index is 0. The monoisotopic (exact) mass is 227 g/mol. The molecule has 0 spiro atoms. The van der Waals surface area contributed by atoms with Crippen molar-refractivity contribution >= 4 is 11.6 Å². The maximum Gasteiger partial charge on any atom is 0.137 e. The van der Waals surface area contributed by atoms with Gasteiger partial charge < -0.3 is 4.98 Å². The van der Waals surface area contributed by atoms with E-state index in [0.717, 1.165) is 0 Å². The predicted molar refractivity (Wildman–Crippen MR) is 44.6 cm³/mol. The normalized spacial score (nSPS) is 7.54. The molecule has 0 amide bonds. The quantitative estimate of drug-likeness (QED) is 0.765. The van der Waals surface area contributed by atoms with Gasteiger partial charge in [-0.15, -0.1) is 0 Å². The molecule has 0 aromatic carbocycles. The SMILES string of the molecule is CC(=O)CC(C)=O.[Co].c1c[nH]cn1. The standard InChI is InChI=1S/C5H8O2.C3H4N2.Co/c1-4(6)3-5(2)7;1-2-5-3-4-1;/h3H2,1-2H3;1-3H,(H,4,5);. The van der Waals surface area contributed by atoms with Gasteiger partial charge in [0.2, 0.25) is 0 Å². The van der Waals surface area contributed by atoms with Crippen LogP contribution in [0.15, 0.2) is 18.7 Å². The zero-order valence-corrected chi connectivity index (χ0v) is 8.58. The van der Waals surface area contributed by atoms with Gasteiger partial charge >= 0.3 is 0 Å². The van der Waals surface area contributed by atoms with E-state index in [1.54, 1.807) is 18.7 Å². The van der Waals surface area contributed by atoms with Crippen LogP contribution in [-0.2, 0) is 26.4 Å². The second-order valence-corrected chi connectivity index (χ2v) is 2.34. The molecule has 1 aromatic rings. The summed E-state index contributed by atoms with van der Waals surface area (Å²) in [6.45, 7) is 2.81. The Morgan fingerprint density at radius 3 is 1.92 bits per heavy atom. The Bertz CT molecular complexity index is 205. The molecule has 0 aliphatic carbocycles. The van der Waals surface area contributed by atoms with Crippen molar-refractivity contribution < 1.29 is 26.4 Å². The number of hydrogen-bond acceptors (Lipinski definition) is 3. The molecule has 1 aromatic heterocycles. The largest absolute Gasteiger partial charge is 0.351 e. The summed E-state index contributed by atoms with van der Waals surface area (Å²) in [6.07, 6.45) is 5.17. The van der Waals surface area contributed by atoms with Gasteiger partial charge in [-0.2, -0.15) is 0 Å². The van der Waals surface area contributed by atoms with E-state index in [9.17, 15) is 9.59 Å². The molecule has 13 heavy (non-hydrogen) atoms. The number of ketones is 2. The minimum absolute atomic E-state index is 0.